The topological polar surface area (TPSA) is 77.1 Å². The second-order valence-electron chi connectivity index (χ2n) is 5.12. The number of hydrogen-bond acceptors (Lipinski definition) is 4. The average molecular weight is 352 g/mol. The van der Waals surface area contributed by atoms with Crippen LogP contribution in [0.15, 0.2) is 38.1 Å². The van der Waals surface area contributed by atoms with Gasteiger partial charge in [0.25, 0.3) is 0 Å². The summed E-state index contributed by atoms with van der Waals surface area (Å²) in [5, 5.41) is 6.59. The number of hydrogen-bond donors (Lipinski definition) is 1. The van der Waals surface area contributed by atoms with Crippen molar-refractivity contribution < 1.29 is 9.32 Å². The van der Waals surface area contributed by atoms with Gasteiger partial charge in [-0.15, -0.1) is 0 Å². The predicted molar refractivity (Wildman–Crippen MR) is 79.6 cm³/mol. The summed E-state index contributed by atoms with van der Waals surface area (Å²) in [6.07, 6.45) is 2.33. The molecule has 1 aliphatic carbocycles. The summed E-state index contributed by atoms with van der Waals surface area (Å²) in [5.74, 6) is 0.107. The summed E-state index contributed by atoms with van der Waals surface area (Å²) in [6.45, 7) is 0.585. The average Bonchev–Trinajstić information content (AvgIpc) is 3.22. The number of halogens is 1. The Hall–Kier alpha value is -1.89. The highest BCUT2D eigenvalue weighted by Gasteiger charge is 2.22. The zero-order chi connectivity index (χ0) is 14.8. The van der Waals surface area contributed by atoms with Gasteiger partial charge in [-0.05, 0) is 30.9 Å². The maximum absolute atomic E-state index is 11.9. The normalized spacial score (nSPS) is 14.1. The van der Waals surface area contributed by atoms with Crippen LogP contribution in [0.4, 0.5) is 0 Å². The number of benzene rings is 1. The van der Waals surface area contributed by atoms with Crippen LogP contribution in [0.5, 0.6) is 0 Å². The van der Waals surface area contributed by atoms with Gasteiger partial charge in [-0.25, -0.2) is 9.36 Å². The van der Waals surface area contributed by atoms with Gasteiger partial charge in [-0.3, -0.25) is 9.32 Å². The Morgan fingerprint density at radius 2 is 2.29 bits per heavy atom. The number of aromatic nitrogens is 2. The molecule has 3 rings (SSSR count). The summed E-state index contributed by atoms with van der Waals surface area (Å²) in [7, 11) is 0. The quantitative estimate of drug-likeness (QED) is 0.890. The molecule has 0 radical (unpaired) electrons. The number of carbonyl (C=O) groups excluding carboxylic acids is 1. The highest BCUT2D eigenvalue weighted by atomic mass is 79.9. The van der Waals surface area contributed by atoms with Gasteiger partial charge in [0.15, 0.2) is 5.82 Å². The standard InChI is InChI=1S/C14H14BrN3O3/c15-11-3-1-2-10(6-11)13-17-21-14(20)18(13)8-12(19)16-7-9-4-5-9/h1-3,6,9H,4-5,7-8H2,(H,16,19). The molecule has 1 saturated carbocycles. The Labute approximate surface area is 129 Å². The fraction of sp³-hybridized carbons (Fsp3) is 0.357. The van der Waals surface area contributed by atoms with Crippen LogP contribution in [0.25, 0.3) is 11.4 Å². The molecule has 1 amide bonds. The molecule has 110 valence electrons. The first-order valence-electron chi connectivity index (χ1n) is 6.72. The first kappa shape index (κ1) is 14.1. The lowest BCUT2D eigenvalue weighted by atomic mass is 10.2. The first-order valence-corrected chi connectivity index (χ1v) is 7.52. The molecule has 6 nitrogen and oxygen atoms in total. The highest BCUT2D eigenvalue weighted by Crippen LogP contribution is 2.27. The molecule has 0 bridgehead atoms. The summed E-state index contributed by atoms with van der Waals surface area (Å²) in [5.41, 5.74) is 0.713. The van der Waals surface area contributed by atoms with Crippen molar-refractivity contribution in [2.24, 2.45) is 5.92 Å². The summed E-state index contributed by atoms with van der Waals surface area (Å²) in [4.78, 5) is 23.6. The largest absolute Gasteiger partial charge is 0.442 e. The predicted octanol–water partition coefficient (Wildman–Crippen LogP) is 1.79. The van der Waals surface area contributed by atoms with E-state index in [4.69, 9.17) is 4.52 Å². The molecule has 21 heavy (non-hydrogen) atoms. The Kier molecular flexibility index (Phi) is 3.92. The van der Waals surface area contributed by atoms with Crippen LogP contribution in [0, 0.1) is 5.92 Å². The minimum Gasteiger partial charge on any atom is -0.354 e. The van der Waals surface area contributed by atoms with Crippen LogP contribution in [-0.4, -0.2) is 22.2 Å². The lowest BCUT2D eigenvalue weighted by Crippen LogP contribution is -2.32. The van der Waals surface area contributed by atoms with E-state index in [0.717, 1.165) is 17.3 Å². The van der Waals surface area contributed by atoms with Crippen molar-refractivity contribution in [1.29, 1.82) is 0 Å². The van der Waals surface area contributed by atoms with Crippen molar-refractivity contribution in [1.82, 2.24) is 15.0 Å². The van der Waals surface area contributed by atoms with E-state index in [1.807, 2.05) is 18.2 Å². The smallest absolute Gasteiger partial charge is 0.354 e. The number of rotatable bonds is 5. The number of nitrogens with one attached hydrogen (secondary N) is 1. The second-order valence-corrected chi connectivity index (χ2v) is 6.03. The van der Waals surface area contributed by atoms with E-state index in [1.54, 1.807) is 6.07 Å². The molecule has 1 aromatic carbocycles. The van der Waals surface area contributed by atoms with E-state index in [0.29, 0.717) is 23.9 Å². The van der Waals surface area contributed by atoms with Crippen molar-refractivity contribution >= 4 is 21.8 Å². The third-order valence-electron chi connectivity index (χ3n) is 3.36. The van der Waals surface area contributed by atoms with Gasteiger partial charge >= 0.3 is 5.76 Å². The van der Waals surface area contributed by atoms with E-state index >= 15 is 0 Å². The van der Waals surface area contributed by atoms with E-state index in [1.165, 1.54) is 4.57 Å². The second kappa shape index (κ2) is 5.85. The molecule has 0 aliphatic heterocycles. The van der Waals surface area contributed by atoms with Crippen LogP contribution < -0.4 is 11.1 Å². The third-order valence-corrected chi connectivity index (χ3v) is 3.85. The van der Waals surface area contributed by atoms with Gasteiger partial charge < -0.3 is 5.32 Å². The van der Waals surface area contributed by atoms with Crippen LogP contribution >= 0.6 is 15.9 Å². The molecule has 1 fully saturated rings. The van der Waals surface area contributed by atoms with Crippen molar-refractivity contribution in [2.45, 2.75) is 19.4 Å². The minimum atomic E-state index is -0.633. The van der Waals surface area contributed by atoms with Crippen LogP contribution in [0.3, 0.4) is 0 Å². The van der Waals surface area contributed by atoms with Gasteiger partial charge in [0.05, 0.1) is 0 Å². The number of nitrogens with zero attached hydrogens (tertiary/aromatic N) is 2. The van der Waals surface area contributed by atoms with E-state index in [-0.39, 0.29) is 12.5 Å². The molecule has 7 heteroatoms. The Morgan fingerprint density at radius 1 is 1.48 bits per heavy atom. The number of carbonyl (C=O) groups is 1. The van der Waals surface area contributed by atoms with Crippen molar-refractivity contribution in [2.75, 3.05) is 6.54 Å². The maximum Gasteiger partial charge on any atom is 0.442 e. The fourth-order valence-corrected chi connectivity index (χ4v) is 2.42. The van der Waals surface area contributed by atoms with Crippen molar-refractivity contribution in [3.8, 4) is 11.4 Å². The van der Waals surface area contributed by atoms with Gasteiger partial charge in [0, 0.05) is 16.6 Å². The Balaban J connectivity index is 1.79. The molecule has 0 unspecified atom stereocenters. The lowest BCUT2D eigenvalue weighted by Gasteiger charge is -2.06. The Morgan fingerprint density at radius 3 is 3.00 bits per heavy atom. The fourth-order valence-electron chi connectivity index (χ4n) is 2.02. The zero-order valence-electron chi connectivity index (χ0n) is 11.2. The maximum atomic E-state index is 11.9. The summed E-state index contributed by atoms with van der Waals surface area (Å²) < 4.78 is 6.79. The molecule has 0 spiro atoms. The molecule has 0 atom stereocenters. The van der Waals surface area contributed by atoms with Crippen molar-refractivity contribution in [3.05, 3.63) is 39.3 Å². The molecule has 1 heterocycles. The van der Waals surface area contributed by atoms with Crippen LogP contribution in [0.1, 0.15) is 12.8 Å². The summed E-state index contributed by atoms with van der Waals surface area (Å²) in [6, 6.07) is 7.32. The minimum absolute atomic E-state index is 0.0864. The van der Waals surface area contributed by atoms with Gasteiger partial charge in [0.1, 0.15) is 6.54 Å². The van der Waals surface area contributed by atoms with E-state index in [2.05, 4.69) is 26.4 Å². The van der Waals surface area contributed by atoms with Gasteiger partial charge in [0.2, 0.25) is 5.91 Å². The van der Waals surface area contributed by atoms with Crippen LogP contribution in [0.2, 0.25) is 0 Å². The lowest BCUT2D eigenvalue weighted by molar-refractivity contribution is -0.121. The molecule has 1 N–H and O–H groups in total. The monoisotopic (exact) mass is 351 g/mol. The molecule has 0 saturated heterocycles. The van der Waals surface area contributed by atoms with E-state index in [9.17, 15) is 9.59 Å². The van der Waals surface area contributed by atoms with Crippen LogP contribution in [-0.2, 0) is 11.3 Å². The third kappa shape index (κ3) is 3.41. The molecular weight excluding hydrogens is 338 g/mol. The SMILES string of the molecule is O=C(Cn1c(-c2cccc(Br)c2)noc1=O)NCC1CC1. The molecule has 1 aromatic heterocycles. The molecular formula is C14H14BrN3O3. The summed E-state index contributed by atoms with van der Waals surface area (Å²) >= 11 is 3.36. The van der Waals surface area contributed by atoms with E-state index < -0.39 is 5.76 Å². The highest BCUT2D eigenvalue weighted by molar-refractivity contribution is 9.10. The van der Waals surface area contributed by atoms with Gasteiger partial charge in [-0.2, -0.15) is 0 Å². The number of amides is 1. The first-order chi connectivity index (χ1) is 10.1. The Bertz CT molecular complexity index is 718. The molecule has 2 aromatic rings. The molecule has 1 aliphatic rings. The van der Waals surface area contributed by atoms with Gasteiger partial charge in [-0.1, -0.05) is 33.2 Å². The van der Waals surface area contributed by atoms with Crippen molar-refractivity contribution in [3.63, 3.8) is 0 Å². The zero-order valence-corrected chi connectivity index (χ0v) is 12.8.